The summed E-state index contributed by atoms with van der Waals surface area (Å²) in [4.78, 5) is 2.99. The van der Waals surface area contributed by atoms with Crippen LogP contribution in [0.3, 0.4) is 0 Å². The summed E-state index contributed by atoms with van der Waals surface area (Å²) in [6.45, 7) is 4.63. The molecule has 1 aliphatic rings. The number of thiophene rings is 2. The van der Waals surface area contributed by atoms with Gasteiger partial charge in [-0.15, -0.1) is 22.7 Å². The molecule has 0 spiro atoms. The standard InChI is InChI=1S/C11H10S2/c1-11(2)7-3-5-12-9(7)10-8(11)4-6-13-10/h3-6H,1-2H3. The number of fused-ring (bicyclic) bond motifs is 3. The van der Waals surface area contributed by atoms with Gasteiger partial charge in [-0.2, -0.15) is 0 Å². The van der Waals surface area contributed by atoms with E-state index >= 15 is 0 Å². The van der Waals surface area contributed by atoms with E-state index < -0.39 is 0 Å². The monoisotopic (exact) mass is 206 g/mol. The van der Waals surface area contributed by atoms with Crippen molar-refractivity contribution < 1.29 is 0 Å². The molecular formula is C11H10S2. The van der Waals surface area contributed by atoms with Crippen LogP contribution in [0.2, 0.25) is 0 Å². The van der Waals surface area contributed by atoms with Crippen LogP contribution in [0, 0.1) is 0 Å². The Bertz CT molecular complexity index is 418. The molecule has 2 aromatic rings. The van der Waals surface area contributed by atoms with Crippen molar-refractivity contribution in [2.24, 2.45) is 0 Å². The van der Waals surface area contributed by atoms with E-state index in [4.69, 9.17) is 0 Å². The molecule has 2 heterocycles. The maximum atomic E-state index is 2.32. The molecule has 0 fully saturated rings. The molecule has 66 valence electrons. The van der Waals surface area contributed by atoms with Crippen molar-refractivity contribution in [3.05, 3.63) is 34.0 Å². The first-order chi connectivity index (χ1) is 6.21. The minimum atomic E-state index is 0.241. The smallest absolute Gasteiger partial charge is 0.0486 e. The Kier molecular flexibility index (Phi) is 1.35. The quantitative estimate of drug-likeness (QED) is 0.608. The molecule has 0 nitrogen and oxygen atoms in total. The van der Waals surface area contributed by atoms with Crippen LogP contribution in [0.5, 0.6) is 0 Å². The Labute approximate surface area is 85.9 Å². The van der Waals surface area contributed by atoms with Gasteiger partial charge < -0.3 is 0 Å². The number of hydrogen-bond acceptors (Lipinski definition) is 2. The topological polar surface area (TPSA) is 0 Å². The van der Waals surface area contributed by atoms with Crippen molar-refractivity contribution in [2.45, 2.75) is 19.3 Å². The predicted molar refractivity (Wildman–Crippen MR) is 59.8 cm³/mol. The van der Waals surface area contributed by atoms with E-state index in [-0.39, 0.29) is 5.41 Å². The fourth-order valence-electron chi connectivity index (χ4n) is 2.10. The van der Waals surface area contributed by atoms with Crippen molar-refractivity contribution in [3.8, 4) is 9.75 Å². The van der Waals surface area contributed by atoms with Gasteiger partial charge in [-0.05, 0) is 34.0 Å². The van der Waals surface area contributed by atoms with Crippen molar-refractivity contribution >= 4 is 22.7 Å². The summed E-state index contributed by atoms with van der Waals surface area (Å²) in [5.74, 6) is 0. The van der Waals surface area contributed by atoms with Gasteiger partial charge in [0.25, 0.3) is 0 Å². The highest BCUT2D eigenvalue weighted by atomic mass is 32.1. The van der Waals surface area contributed by atoms with Crippen molar-refractivity contribution in [1.82, 2.24) is 0 Å². The van der Waals surface area contributed by atoms with E-state index in [0.717, 1.165) is 0 Å². The molecule has 0 N–H and O–H groups in total. The van der Waals surface area contributed by atoms with Gasteiger partial charge in [0.05, 0.1) is 0 Å². The fraction of sp³-hybridized carbons (Fsp3) is 0.273. The molecule has 0 amide bonds. The highest BCUT2D eigenvalue weighted by molar-refractivity contribution is 7.21. The third-order valence-electron chi connectivity index (χ3n) is 2.88. The Morgan fingerprint density at radius 3 is 1.85 bits per heavy atom. The number of rotatable bonds is 0. The van der Waals surface area contributed by atoms with Gasteiger partial charge >= 0.3 is 0 Å². The first-order valence-electron chi connectivity index (χ1n) is 4.37. The number of hydrogen-bond donors (Lipinski definition) is 0. The molecule has 0 unspecified atom stereocenters. The fourth-order valence-corrected chi connectivity index (χ4v) is 4.40. The predicted octanol–water partition coefficient (Wildman–Crippen LogP) is 4.12. The summed E-state index contributed by atoms with van der Waals surface area (Å²) in [5, 5.41) is 4.41. The minimum absolute atomic E-state index is 0.241. The summed E-state index contributed by atoms with van der Waals surface area (Å²) < 4.78 is 0. The lowest BCUT2D eigenvalue weighted by atomic mass is 9.84. The zero-order valence-electron chi connectivity index (χ0n) is 7.63. The van der Waals surface area contributed by atoms with E-state index in [0.29, 0.717) is 0 Å². The molecule has 0 saturated heterocycles. The molecule has 1 aliphatic carbocycles. The van der Waals surface area contributed by atoms with E-state index in [9.17, 15) is 0 Å². The summed E-state index contributed by atoms with van der Waals surface area (Å²) in [5.41, 5.74) is 3.27. The summed E-state index contributed by atoms with van der Waals surface area (Å²) in [7, 11) is 0. The van der Waals surface area contributed by atoms with Crippen molar-refractivity contribution in [1.29, 1.82) is 0 Å². The first-order valence-corrected chi connectivity index (χ1v) is 6.13. The van der Waals surface area contributed by atoms with Gasteiger partial charge in [-0.3, -0.25) is 0 Å². The second kappa shape index (κ2) is 2.25. The van der Waals surface area contributed by atoms with E-state index in [1.165, 1.54) is 20.9 Å². The third kappa shape index (κ3) is 0.804. The lowest BCUT2D eigenvalue weighted by Crippen LogP contribution is -2.13. The summed E-state index contributed by atoms with van der Waals surface area (Å²) in [6, 6.07) is 4.54. The van der Waals surface area contributed by atoms with Crippen LogP contribution in [0.4, 0.5) is 0 Å². The second-order valence-electron chi connectivity index (χ2n) is 3.95. The normalized spacial score (nSPS) is 17.1. The van der Waals surface area contributed by atoms with Crippen LogP contribution in [0.25, 0.3) is 9.75 Å². The maximum Gasteiger partial charge on any atom is 0.0486 e. The Balaban J connectivity index is 2.44. The van der Waals surface area contributed by atoms with Crippen LogP contribution < -0.4 is 0 Å². The highest BCUT2D eigenvalue weighted by Gasteiger charge is 2.36. The van der Waals surface area contributed by atoms with Crippen LogP contribution >= 0.6 is 22.7 Å². The van der Waals surface area contributed by atoms with Gasteiger partial charge in [0.2, 0.25) is 0 Å². The Morgan fingerprint density at radius 2 is 1.38 bits per heavy atom. The van der Waals surface area contributed by atoms with Crippen molar-refractivity contribution in [2.75, 3.05) is 0 Å². The minimum Gasteiger partial charge on any atom is -0.143 e. The molecule has 13 heavy (non-hydrogen) atoms. The van der Waals surface area contributed by atoms with Gasteiger partial charge in [0, 0.05) is 15.2 Å². The molecular weight excluding hydrogens is 196 g/mol. The van der Waals surface area contributed by atoms with Gasteiger partial charge in [-0.1, -0.05) is 13.8 Å². The second-order valence-corrected chi connectivity index (χ2v) is 5.78. The molecule has 0 bridgehead atoms. The van der Waals surface area contributed by atoms with E-state index in [1.54, 1.807) is 0 Å². The van der Waals surface area contributed by atoms with E-state index in [2.05, 4.69) is 36.7 Å². The molecule has 0 aromatic carbocycles. The molecule has 0 radical (unpaired) electrons. The largest absolute Gasteiger partial charge is 0.143 e. The summed E-state index contributed by atoms with van der Waals surface area (Å²) in [6.07, 6.45) is 0. The van der Waals surface area contributed by atoms with Crippen LogP contribution in [0.15, 0.2) is 22.9 Å². The lowest BCUT2D eigenvalue weighted by Gasteiger charge is -2.18. The third-order valence-corrected chi connectivity index (χ3v) is 4.88. The molecule has 2 aromatic heterocycles. The Hall–Kier alpha value is -0.600. The first kappa shape index (κ1) is 7.77. The van der Waals surface area contributed by atoms with Gasteiger partial charge in [-0.25, -0.2) is 0 Å². The molecule has 3 rings (SSSR count). The zero-order valence-corrected chi connectivity index (χ0v) is 9.26. The van der Waals surface area contributed by atoms with Crippen LogP contribution in [0.1, 0.15) is 25.0 Å². The Morgan fingerprint density at radius 1 is 0.923 bits per heavy atom. The van der Waals surface area contributed by atoms with E-state index in [1.807, 2.05) is 22.7 Å². The average molecular weight is 206 g/mol. The molecule has 2 heteroatoms. The molecule has 0 atom stereocenters. The SMILES string of the molecule is CC1(C)c2ccsc2-c2sccc21. The van der Waals surface area contributed by atoms with Crippen molar-refractivity contribution in [3.63, 3.8) is 0 Å². The summed E-state index contributed by atoms with van der Waals surface area (Å²) >= 11 is 3.74. The lowest BCUT2D eigenvalue weighted by molar-refractivity contribution is 0.663. The van der Waals surface area contributed by atoms with Gasteiger partial charge in [0.1, 0.15) is 0 Å². The average Bonchev–Trinajstić information content (AvgIpc) is 2.74. The highest BCUT2D eigenvalue weighted by Crippen LogP contribution is 2.53. The molecule has 0 saturated carbocycles. The van der Waals surface area contributed by atoms with Crippen LogP contribution in [-0.4, -0.2) is 0 Å². The zero-order chi connectivity index (χ0) is 9.05. The van der Waals surface area contributed by atoms with Crippen LogP contribution in [-0.2, 0) is 5.41 Å². The molecule has 0 aliphatic heterocycles. The maximum absolute atomic E-state index is 2.32. The van der Waals surface area contributed by atoms with Gasteiger partial charge in [0.15, 0.2) is 0 Å².